The van der Waals surface area contributed by atoms with Gasteiger partial charge in [-0.25, -0.2) is 0 Å². The molecule has 0 fully saturated rings. The van der Waals surface area contributed by atoms with E-state index in [2.05, 4.69) is 5.32 Å². The fourth-order valence-electron chi connectivity index (χ4n) is 0.825. The molecule has 0 spiro atoms. The van der Waals surface area contributed by atoms with Gasteiger partial charge >= 0.3 is 6.18 Å². The number of carbonyl (C=O) groups is 1. The Morgan fingerprint density at radius 2 is 1.93 bits per heavy atom. The molecule has 0 aromatic carbocycles. The number of halogens is 3. The van der Waals surface area contributed by atoms with Gasteiger partial charge in [0.05, 0.1) is 6.54 Å². The lowest BCUT2D eigenvalue weighted by molar-refractivity contribution is -0.137. The van der Waals surface area contributed by atoms with Crippen LogP contribution in [0.3, 0.4) is 0 Å². The second kappa shape index (κ2) is 7.47. The SMILES string of the molecule is O=C(CNCCCCO)NCC(F)(F)F. The zero-order valence-electron chi connectivity index (χ0n) is 8.23. The number of hydrogen-bond acceptors (Lipinski definition) is 3. The molecule has 0 unspecified atom stereocenters. The second-order valence-corrected chi connectivity index (χ2v) is 3.00. The van der Waals surface area contributed by atoms with E-state index in [1.165, 1.54) is 0 Å². The summed E-state index contributed by atoms with van der Waals surface area (Å²) >= 11 is 0. The number of alkyl halides is 3. The minimum Gasteiger partial charge on any atom is -0.396 e. The lowest BCUT2D eigenvalue weighted by Gasteiger charge is -2.08. The maximum absolute atomic E-state index is 11.6. The molecule has 0 heterocycles. The van der Waals surface area contributed by atoms with Gasteiger partial charge in [0.25, 0.3) is 0 Å². The highest BCUT2D eigenvalue weighted by atomic mass is 19.4. The van der Waals surface area contributed by atoms with Crippen LogP contribution in [-0.4, -0.2) is 43.4 Å². The summed E-state index contributed by atoms with van der Waals surface area (Å²) in [5, 5.41) is 12.8. The first-order valence-corrected chi connectivity index (χ1v) is 4.61. The van der Waals surface area contributed by atoms with Crippen molar-refractivity contribution < 1.29 is 23.1 Å². The normalized spacial score (nSPS) is 11.5. The van der Waals surface area contributed by atoms with Crippen LogP contribution < -0.4 is 10.6 Å². The quantitative estimate of drug-likeness (QED) is 0.539. The van der Waals surface area contributed by atoms with E-state index in [1.54, 1.807) is 5.32 Å². The Morgan fingerprint density at radius 3 is 2.47 bits per heavy atom. The molecule has 15 heavy (non-hydrogen) atoms. The predicted molar refractivity (Wildman–Crippen MR) is 48.3 cm³/mol. The van der Waals surface area contributed by atoms with Gasteiger partial charge in [0.2, 0.25) is 5.91 Å². The Morgan fingerprint density at radius 1 is 1.27 bits per heavy atom. The predicted octanol–water partition coefficient (Wildman–Crippen LogP) is 0.0270. The molecule has 0 aromatic rings. The van der Waals surface area contributed by atoms with Crippen molar-refractivity contribution in [3.05, 3.63) is 0 Å². The van der Waals surface area contributed by atoms with E-state index in [4.69, 9.17) is 5.11 Å². The van der Waals surface area contributed by atoms with E-state index in [9.17, 15) is 18.0 Å². The molecular formula is C8H15F3N2O2. The third-order valence-electron chi connectivity index (χ3n) is 1.53. The monoisotopic (exact) mass is 228 g/mol. The summed E-state index contributed by atoms with van der Waals surface area (Å²) in [6.07, 6.45) is -3.08. The van der Waals surface area contributed by atoms with Crippen LogP contribution in [0.1, 0.15) is 12.8 Å². The van der Waals surface area contributed by atoms with E-state index in [0.29, 0.717) is 19.4 Å². The number of rotatable bonds is 7. The average molecular weight is 228 g/mol. The number of nitrogens with one attached hydrogen (secondary N) is 2. The van der Waals surface area contributed by atoms with Crippen molar-refractivity contribution in [1.82, 2.24) is 10.6 Å². The van der Waals surface area contributed by atoms with Crippen LogP contribution in [0, 0.1) is 0 Å². The lowest BCUT2D eigenvalue weighted by atomic mass is 10.3. The molecule has 0 saturated heterocycles. The molecule has 0 radical (unpaired) electrons. The maximum Gasteiger partial charge on any atom is 0.405 e. The van der Waals surface area contributed by atoms with Gasteiger partial charge in [0, 0.05) is 6.61 Å². The van der Waals surface area contributed by atoms with Gasteiger partial charge in [-0.3, -0.25) is 4.79 Å². The molecule has 4 nitrogen and oxygen atoms in total. The van der Waals surface area contributed by atoms with Crippen molar-refractivity contribution >= 4 is 5.91 Å². The fraction of sp³-hybridized carbons (Fsp3) is 0.875. The van der Waals surface area contributed by atoms with Gasteiger partial charge in [0.15, 0.2) is 0 Å². The molecule has 0 aliphatic heterocycles. The maximum atomic E-state index is 11.6. The number of aliphatic hydroxyl groups excluding tert-OH is 1. The van der Waals surface area contributed by atoms with Gasteiger partial charge in [-0.05, 0) is 19.4 Å². The van der Waals surface area contributed by atoms with Crippen LogP contribution in [0.4, 0.5) is 13.2 Å². The van der Waals surface area contributed by atoms with Crippen molar-refractivity contribution in [3.8, 4) is 0 Å². The molecule has 0 aliphatic rings. The number of unbranched alkanes of at least 4 members (excludes halogenated alkanes) is 1. The number of aliphatic hydroxyl groups is 1. The topological polar surface area (TPSA) is 61.4 Å². The Hall–Kier alpha value is -0.820. The first kappa shape index (κ1) is 14.2. The molecule has 7 heteroatoms. The fourth-order valence-corrected chi connectivity index (χ4v) is 0.825. The first-order chi connectivity index (χ1) is 6.95. The summed E-state index contributed by atoms with van der Waals surface area (Å²) in [6.45, 7) is -0.867. The zero-order valence-corrected chi connectivity index (χ0v) is 8.23. The Balaban J connectivity index is 3.34. The van der Waals surface area contributed by atoms with Crippen LogP contribution in [0.15, 0.2) is 0 Å². The summed E-state index contributed by atoms with van der Waals surface area (Å²) in [7, 11) is 0. The van der Waals surface area contributed by atoms with Crippen LogP contribution in [0.25, 0.3) is 0 Å². The Kier molecular flexibility index (Phi) is 7.06. The second-order valence-electron chi connectivity index (χ2n) is 3.00. The van der Waals surface area contributed by atoms with Crippen LogP contribution in [0.5, 0.6) is 0 Å². The van der Waals surface area contributed by atoms with Crippen molar-refractivity contribution in [2.24, 2.45) is 0 Å². The van der Waals surface area contributed by atoms with Crippen LogP contribution in [-0.2, 0) is 4.79 Å². The zero-order chi connectivity index (χ0) is 11.7. The highest BCUT2D eigenvalue weighted by Gasteiger charge is 2.27. The first-order valence-electron chi connectivity index (χ1n) is 4.61. The van der Waals surface area contributed by atoms with Gasteiger partial charge in [-0.2, -0.15) is 13.2 Å². The van der Waals surface area contributed by atoms with Crippen LogP contribution >= 0.6 is 0 Å². The minimum absolute atomic E-state index is 0.0714. The van der Waals surface area contributed by atoms with E-state index in [-0.39, 0.29) is 13.2 Å². The molecule has 90 valence electrons. The number of carbonyl (C=O) groups excluding carboxylic acids is 1. The largest absolute Gasteiger partial charge is 0.405 e. The summed E-state index contributed by atoms with van der Waals surface area (Å²) in [6, 6.07) is 0. The minimum atomic E-state index is -4.37. The molecular weight excluding hydrogens is 213 g/mol. The number of amides is 1. The van der Waals surface area contributed by atoms with Gasteiger partial charge in [-0.15, -0.1) is 0 Å². The molecule has 0 bridgehead atoms. The third-order valence-corrected chi connectivity index (χ3v) is 1.53. The molecule has 1 amide bonds. The molecule has 3 N–H and O–H groups in total. The van der Waals surface area contributed by atoms with Crippen molar-refractivity contribution in [2.75, 3.05) is 26.2 Å². The average Bonchev–Trinajstić information content (AvgIpc) is 2.13. The lowest BCUT2D eigenvalue weighted by Crippen LogP contribution is -2.39. The van der Waals surface area contributed by atoms with Gasteiger partial charge < -0.3 is 15.7 Å². The number of hydrogen-bond donors (Lipinski definition) is 3. The summed E-state index contributed by atoms with van der Waals surface area (Å²) in [5.74, 6) is -0.684. The summed E-state index contributed by atoms with van der Waals surface area (Å²) in [5.41, 5.74) is 0. The van der Waals surface area contributed by atoms with E-state index in [1.807, 2.05) is 0 Å². The highest BCUT2D eigenvalue weighted by molar-refractivity contribution is 5.77. The molecule has 0 aromatic heterocycles. The smallest absolute Gasteiger partial charge is 0.396 e. The van der Waals surface area contributed by atoms with Gasteiger partial charge in [0.1, 0.15) is 6.54 Å². The van der Waals surface area contributed by atoms with Crippen molar-refractivity contribution in [3.63, 3.8) is 0 Å². The molecule has 0 atom stereocenters. The molecule has 0 saturated carbocycles. The standard InChI is InChI=1S/C8H15F3N2O2/c9-8(10,11)6-13-7(15)5-12-3-1-2-4-14/h12,14H,1-6H2,(H,13,15). The van der Waals surface area contributed by atoms with E-state index in [0.717, 1.165) is 0 Å². The summed E-state index contributed by atoms with van der Waals surface area (Å²) in [4.78, 5) is 10.8. The molecule has 0 aliphatic carbocycles. The Labute approximate surface area is 85.8 Å². The van der Waals surface area contributed by atoms with Crippen molar-refractivity contribution in [2.45, 2.75) is 19.0 Å². The van der Waals surface area contributed by atoms with Crippen molar-refractivity contribution in [1.29, 1.82) is 0 Å². The third kappa shape index (κ3) is 11.1. The summed E-state index contributed by atoms with van der Waals surface area (Å²) < 4.78 is 34.9. The highest BCUT2D eigenvalue weighted by Crippen LogP contribution is 2.11. The van der Waals surface area contributed by atoms with E-state index >= 15 is 0 Å². The molecule has 0 rings (SSSR count). The van der Waals surface area contributed by atoms with Gasteiger partial charge in [-0.1, -0.05) is 0 Å². The van der Waals surface area contributed by atoms with E-state index < -0.39 is 18.6 Å². The Bertz CT molecular complexity index is 185. The van der Waals surface area contributed by atoms with Crippen LogP contribution in [0.2, 0.25) is 0 Å².